The number of imide groups is 1. The van der Waals surface area contributed by atoms with Crippen LogP contribution in [0.3, 0.4) is 0 Å². The highest BCUT2D eigenvalue weighted by Gasteiger charge is 2.40. The Kier molecular flexibility index (Phi) is 33.8. The van der Waals surface area contributed by atoms with Crippen molar-refractivity contribution in [3.05, 3.63) is 108 Å². The van der Waals surface area contributed by atoms with Gasteiger partial charge in [-0.05, 0) is 74.8 Å². The van der Waals surface area contributed by atoms with E-state index < -0.39 is 185 Å². The molecule has 110 heavy (non-hydrogen) atoms. The van der Waals surface area contributed by atoms with E-state index in [0.29, 0.717) is 48.5 Å². The highest BCUT2D eigenvalue weighted by atomic mass is 33.1. The number of urea groups is 1. The van der Waals surface area contributed by atoms with Crippen molar-refractivity contribution in [1.82, 2.24) is 104 Å². The number of hydrogen-bond donors (Lipinski definition) is 24. The number of carboxylic acid groups (broad SMARTS) is 1. The molecule has 13 amide bonds. The van der Waals surface area contributed by atoms with Crippen LogP contribution >= 0.6 is 33.3 Å². The molecule has 0 spiro atoms. The predicted octanol–water partition coefficient (Wildman–Crippen LogP) is -3.61. The molecule has 2 saturated heterocycles. The third-order valence-electron chi connectivity index (χ3n) is 17.2. The van der Waals surface area contributed by atoms with Crippen molar-refractivity contribution in [3.8, 4) is 0 Å². The van der Waals surface area contributed by atoms with Crippen molar-refractivity contribution in [3.63, 3.8) is 0 Å². The van der Waals surface area contributed by atoms with Crippen LogP contribution in [0.4, 0.5) is 4.79 Å². The van der Waals surface area contributed by atoms with Crippen LogP contribution in [-0.4, -0.2) is 233 Å². The summed E-state index contributed by atoms with van der Waals surface area (Å²) in [6.45, 7) is 2.79. The summed E-state index contributed by atoms with van der Waals surface area (Å²) in [6, 6.07) is -2.30. The second-order valence-corrected chi connectivity index (χ2v) is 29.3. The number of carboxylic acids is 1. The first-order chi connectivity index (χ1) is 52.7. The fourth-order valence-electron chi connectivity index (χ4n) is 11.4. The van der Waals surface area contributed by atoms with Gasteiger partial charge in [0.1, 0.15) is 60.4 Å². The van der Waals surface area contributed by atoms with Crippen LogP contribution in [0.2, 0.25) is 0 Å². The Morgan fingerprint density at radius 2 is 0.982 bits per heavy atom. The molecule has 11 atom stereocenters. The van der Waals surface area contributed by atoms with Crippen molar-refractivity contribution >= 4 is 139 Å². The molecular formula is C67H94N26O14S3. The Morgan fingerprint density at radius 1 is 0.536 bits per heavy atom. The Bertz CT molecular complexity index is 4040. The van der Waals surface area contributed by atoms with E-state index in [2.05, 4.69) is 99.4 Å². The van der Waals surface area contributed by atoms with Crippen LogP contribution in [0.5, 0.6) is 0 Å². The average molecular weight is 1580 g/mol. The summed E-state index contributed by atoms with van der Waals surface area (Å²) in [6.07, 6.45) is 3.73. The SMILES string of the molecule is CCSCN1C(=O)N[C@@H](Cc2c[nH]cn2)C(=O)N[C@H](Cc2ccccc2)C(=O)N[C@@H](Cc2c[nH]cn2)C(=O)N[C@@H](Cc2c[nH]c3ccccc23)C(=O)N[C@H]2CSSC(NC(=O)[C@H](CCCNC(=N)N)NC(=O)[C@H](CCCNC(=N)N)NC(=O)[C@H](CCC(=O)O)NC(=O)[C@H](CCCNC(=N)N)NC(=O)[C@H](C)NC2=O)C1=O. The Labute approximate surface area is 643 Å². The smallest absolute Gasteiger partial charge is 0.325 e. The lowest BCUT2D eigenvalue weighted by Gasteiger charge is -2.30. The Balaban J connectivity index is 1.42. The monoisotopic (exact) mass is 1580 g/mol. The number of aromatic nitrogens is 5. The fourth-order valence-corrected chi connectivity index (χ4v) is 14.4. The van der Waals surface area contributed by atoms with Gasteiger partial charge in [-0.25, -0.2) is 14.8 Å². The van der Waals surface area contributed by atoms with Crippen LogP contribution < -0.4 is 91.6 Å². The number of nitrogens with two attached hydrogens (primary N) is 3. The second-order valence-electron chi connectivity index (χ2n) is 25.5. The minimum Gasteiger partial charge on any atom is -0.481 e. The van der Waals surface area contributed by atoms with Crippen LogP contribution in [0.25, 0.3) is 10.9 Å². The zero-order chi connectivity index (χ0) is 79.8. The number of rotatable bonds is 26. The number of aromatic amines is 3. The van der Waals surface area contributed by atoms with E-state index in [1.165, 1.54) is 32.0 Å². The van der Waals surface area contributed by atoms with Gasteiger partial charge in [0.25, 0.3) is 5.91 Å². The van der Waals surface area contributed by atoms with Gasteiger partial charge in [0.2, 0.25) is 59.1 Å². The zero-order valence-corrected chi connectivity index (χ0v) is 62.7. The number of benzene rings is 2. The summed E-state index contributed by atoms with van der Waals surface area (Å²) in [4.78, 5) is 212. The van der Waals surface area contributed by atoms with Crippen molar-refractivity contribution < 1.29 is 67.4 Å². The number of fused-ring (bicyclic) bond motifs is 5. The first kappa shape index (κ1) is 85.6. The molecule has 2 fully saturated rings. The lowest BCUT2D eigenvalue weighted by atomic mass is 10.0. The van der Waals surface area contributed by atoms with Gasteiger partial charge in [-0.2, -0.15) is 0 Å². The molecule has 1 unspecified atom stereocenters. The van der Waals surface area contributed by atoms with Gasteiger partial charge in [0, 0.05) is 87.0 Å². The molecule has 27 N–H and O–H groups in total. The maximum atomic E-state index is 15.8. The summed E-state index contributed by atoms with van der Waals surface area (Å²) < 4.78 is 0. The number of amides is 13. The van der Waals surface area contributed by atoms with Crippen molar-refractivity contribution in [1.29, 1.82) is 16.2 Å². The molecule has 5 heterocycles. The Hall–Kier alpha value is -11.6. The molecule has 3 aromatic heterocycles. The molecule has 40 nitrogen and oxygen atoms in total. The van der Waals surface area contributed by atoms with Gasteiger partial charge in [-0.1, -0.05) is 77.0 Å². The highest BCUT2D eigenvalue weighted by molar-refractivity contribution is 8.77. The summed E-state index contributed by atoms with van der Waals surface area (Å²) >= 11 is 1.05. The standard InChI is InChI=1S/C67H94N26O14S3/c1-3-108-34-93-63(106)62-92-56(100)44(18-11-23-78-66(72)73)85-54(98)43(17-10-22-77-65(70)71)84-55(99)45(19-20-51(94)95)86-53(97)42(16-9-21-76-64(68)69)83-52(96)35(2)82-61(105)50(31-109-110-62)90-58(102)47(25-37-28-79-41-15-8-7-14-40(37)41)88-59(103)48(26-38-29-74-32-80-38)89-57(101)46(24-36-12-5-4-6-13-36)87-60(104)49(91-67(93)107)27-39-30-75-33-81-39/h4-8,12-15,28-30,32-33,35,42-50,62,79H,3,9-11,16-27,31,34H2,1-2H3,(H,74,80)(H,75,81)(H,82,105)(H,83,96)(H,84,99)(H,85,98)(H,86,97)(H,87,104)(H,88,103)(H,89,101)(H,90,102)(H,91,107)(H,92,100)(H,94,95)(H4,68,69,76)(H4,70,71,77)(H4,72,73,78)/t35-,42-,43-,44-,45-,46+,47-,48-,49-,50-,62?/m0/s1. The number of nitrogens with zero attached hydrogens (tertiary/aromatic N) is 3. The molecule has 43 heteroatoms. The second kappa shape index (κ2) is 43.4. The average Bonchev–Trinajstić information content (AvgIpc) is 1.60. The van der Waals surface area contributed by atoms with E-state index in [4.69, 9.17) is 33.4 Å². The van der Waals surface area contributed by atoms with E-state index in [-0.39, 0.29) is 101 Å². The molecule has 0 radical (unpaired) electrons. The van der Waals surface area contributed by atoms with Crippen molar-refractivity contribution in [2.24, 2.45) is 17.2 Å². The Morgan fingerprint density at radius 3 is 1.48 bits per heavy atom. The number of H-pyrrole nitrogens is 3. The third-order valence-corrected chi connectivity index (χ3v) is 20.5. The van der Waals surface area contributed by atoms with Crippen molar-refractivity contribution in [2.75, 3.05) is 37.0 Å². The number of aliphatic carboxylic acids is 1. The van der Waals surface area contributed by atoms with Gasteiger partial charge in [0.15, 0.2) is 23.3 Å². The molecule has 0 saturated carbocycles. The fraction of sp³-hybridized carbons (Fsp3) is 0.463. The predicted molar refractivity (Wildman–Crippen MR) is 408 cm³/mol. The summed E-state index contributed by atoms with van der Waals surface area (Å²) in [7, 11) is 1.22. The van der Waals surface area contributed by atoms with Crippen LogP contribution in [0.1, 0.15) is 87.7 Å². The normalized spacial score (nSPS) is 22.9. The number of hydrogen-bond acceptors (Lipinski definition) is 21. The van der Waals surface area contributed by atoms with Crippen LogP contribution in [-0.2, 0) is 83.2 Å². The molecule has 2 aliphatic heterocycles. The molecule has 2 aromatic carbocycles. The number of nitrogens with one attached hydrogen (secondary N) is 20. The first-order valence-electron chi connectivity index (χ1n) is 35.2. The summed E-state index contributed by atoms with van der Waals surface area (Å²) in [5.74, 6) is -15.1. The lowest BCUT2D eigenvalue weighted by molar-refractivity contribution is -0.139. The molecular weight excluding hydrogens is 1490 g/mol. The van der Waals surface area contributed by atoms with Crippen LogP contribution in [0, 0.1) is 16.2 Å². The molecule has 0 aliphatic carbocycles. The number of guanidine groups is 3. The maximum absolute atomic E-state index is 15.8. The zero-order valence-electron chi connectivity index (χ0n) is 60.2. The quantitative estimate of drug-likeness (QED) is 0.0110. The molecule has 5 aromatic rings. The van der Waals surface area contributed by atoms with Gasteiger partial charge < -0.3 is 112 Å². The number of carbonyl (C=O) groups excluding carboxylic acids is 12. The van der Waals surface area contributed by atoms with E-state index in [1.807, 2.05) is 0 Å². The van der Waals surface area contributed by atoms with Gasteiger partial charge in [-0.3, -0.25) is 78.7 Å². The third kappa shape index (κ3) is 27.6. The van der Waals surface area contributed by atoms with E-state index in [1.54, 1.807) is 67.7 Å². The van der Waals surface area contributed by atoms with Crippen molar-refractivity contribution in [2.45, 2.75) is 157 Å². The number of para-hydroxylation sites is 1. The van der Waals surface area contributed by atoms with E-state index >= 15 is 38.4 Å². The molecule has 7 rings (SSSR count). The molecule has 594 valence electrons. The van der Waals surface area contributed by atoms with Gasteiger partial charge in [-0.15, -0.1) is 11.8 Å². The van der Waals surface area contributed by atoms with Crippen LogP contribution in [0.15, 0.2) is 85.8 Å². The first-order valence-corrected chi connectivity index (χ1v) is 38.7. The maximum Gasteiger partial charge on any atom is 0.325 e. The largest absolute Gasteiger partial charge is 0.481 e. The minimum absolute atomic E-state index is 0.0115. The number of thioether (sulfide) groups is 1. The van der Waals surface area contributed by atoms with E-state index in [0.717, 1.165) is 11.8 Å². The topological polar surface area (TPSA) is 637 Å². The molecule has 2 bridgehead atoms. The lowest BCUT2D eigenvalue weighted by Crippen LogP contribution is -2.61. The highest BCUT2D eigenvalue weighted by Crippen LogP contribution is 2.29. The van der Waals surface area contributed by atoms with Gasteiger partial charge >= 0.3 is 12.0 Å². The van der Waals surface area contributed by atoms with E-state index in [9.17, 15) is 29.1 Å². The van der Waals surface area contributed by atoms with Gasteiger partial charge in [0.05, 0.1) is 29.9 Å². The number of imidazole rings is 2. The minimum atomic E-state index is -1.95. The summed E-state index contributed by atoms with van der Waals surface area (Å²) in [5, 5.41) is 68.5. The number of carbonyl (C=O) groups is 13. The molecule has 2 aliphatic rings. The summed E-state index contributed by atoms with van der Waals surface area (Å²) in [5.41, 5.74) is 18.8.